The number of hydrogen-bond acceptors (Lipinski definition) is 5. The number of epoxide rings is 1. The number of nitrogens with one attached hydrogen (secondary N) is 1. The maximum atomic E-state index is 12.2. The lowest BCUT2D eigenvalue weighted by atomic mass is 10.0. The first-order valence-corrected chi connectivity index (χ1v) is 6.55. The van der Waals surface area contributed by atoms with Gasteiger partial charge in [-0.05, 0) is 12.1 Å². The van der Waals surface area contributed by atoms with Crippen LogP contribution in [0.25, 0.3) is 0 Å². The highest BCUT2D eigenvalue weighted by Crippen LogP contribution is 2.37. The molecule has 1 aromatic carbocycles. The Balaban J connectivity index is 1.69. The Hall–Kier alpha value is -1.47. The van der Waals surface area contributed by atoms with Crippen LogP contribution in [0.4, 0.5) is 0 Å². The topological polar surface area (TPSA) is 80.3 Å². The van der Waals surface area contributed by atoms with Gasteiger partial charge in [-0.2, -0.15) is 0 Å². The molecule has 20 heavy (non-hydrogen) atoms. The zero-order valence-electron chi connectivity index (χ0n) is 11.1. The summed E-state index contributed by atoms with van der Waals surface area (Å²) in [6.07, 6.45) is -1.36. The number of methoxy groups -OCH3 is 1. The molecule has 2 aliphatic heterocycles. The number of amides is 1. The van der Waals surface area contributed by atoms with Crippen molar-refractivity contribution >= 4 is 5.91 Å². The molecule has 1 amide bonds. The van der Waals surface area contributed by atoms with Crippen LogP contribution in [0.1, 0.15) is 10.4 Å². The third-order valence-corrected chi connectivity index (χ3v) is 3.63. The molecule has 5 unspecified atom stereocenters. The number of carbonyl (C=O) groups is 1. The van der Waals surface area contributed by atoms with Gasteiger partial charge in [-0.15, -0.1) is 0 Å². The highest BCUT2D eigenvalue weighted by molar-refractivity contribution is 5.94. The molecule has 6 heteroatoms. The first-order chi connectivity index (χ1) is 9.74. The van der Waals surface area contributed by atoms with Crippen LogP contribution in [0.3, 0.4) is 0 Å². The van der Waals surface area contributed by atoms with Gasteiger partial charge in [0.2, 0.25) is 0 Å². The van der Waals surface area contributed by atoms with Gasteiger partial charge in [0.1, 0.15) is 24.4 Å². The van der Waals surface area contributed by atoms with Gasteiger partial charge in [0.15, 0.2) is 6.29 Å². The van der Waals surface area contributed by atoms with Crippen molar-refractivity contribution in [1.29, 1.82) is 0 Å². The van der Waals surface area contributed by atoms with E-state index in [-0.39, 0.29) is 30.8 Å². The van der Waals surface area contributed by atoms with Crippen LogP contribution in [-0.2, 0) is 14.2 Å². The quantitative estimate of drug-likeness (QED) is 0.753. The van der Waals surface area contributed by atoms with Crippen molar-refractivity contribution < 1.29 is 24.1 Å². The van der Waals surface area contributed by atoms with Crippen LogP contribution in [0.2, 0.25) is 0 Å². The van der Waals surface area contributed by atoms with Crippen LogP contribution in [0.15, 0.2) is 30.3 Å². The average Bonchev–Trinajstić information content (AvgIpc) is 3.29. The highest BCUT2D eigenvalue weighted by Gasteiger charge is 2.58. The fourth-order valence-corrected chi connectivity index (χ4v) is 2.54. The van der Waals surface area contributed by atoms with Crippen LogP contribution >= 0.6 is 0 Å². The molecule has 0 radical (unpaired) electrons. The SMILES string of the molecule is COC1OC(CO)C2OC2C1NC(=O)c1ccccc1. The average molecular weight is 279 g/mol. The van der Waals surface area contributed by atoms with Gasteiger partial charge in [-0.3, -0.25) is 4.79 Å². The zero-order valence-corrected chi connectivity index (χ0v) is 11.1. The van der Waals surface area contributed by atoms with Gasteiger partial charge >= 0.3 is 0 Å². The molecular formula is C14H17NO5. The number of benzene rings is 1. The zero-order chi connectivity index (χ0) is 14.1. The molecule has 2 aliphatic rings. The summed E-state index contributed by atoms with van der Waals surface area (Å²) >= 11 is 0. The molecule has 0 saturated carbocycles. The van der Waals surface area contributed by atoms with Crippen molar-refractivity contribution in [1.82, 2.24) is 5.32 Å². The van der Waals surface area contributed by atoms with E-state index in [1.54, 1.807) is 24.3 Å². The number of rotatable bonds is 4. The Morgan fingerprint density at radius 2 is 2.05 bits per heavy atom. The lowest BCUT2D eigenvalue weighted by molar-refractivity contribution is -0.190. The van der Waals surface area contributed by atoms with Crippen LogP contribution in [0, 0.1) is 0 Å². The molecule has 6 nitrogen and oxygen atoms in total. The van der Waals surface area contributed by atoms with Crippen molar-refractivity contribution in [3.8, 4) is 0 Å². The summed E-state index contributed by atoms with van der Waals surface area (Å²) in [6, 6.07) is 8.56. The molecule has 0 aromatic heterocycles. The van der Waals surface area contributed by atoms with Crippen molar-refractivity contribution in [3.05, 3.63) is 35.9 Å². The minimum absolute atomic E-state index is 0.125. The summed E-state index contributed by atoms with van der Waals surface area (Å²) in [7, 11) is 1.50. The van der Waals surface area contributed by atoms with E-state index < -0.39 is 12.4 Å². The molecular weight excluding hydrogens is 262 g/mol. The summed E-state index contributed by atoms with van der Waals surface area (Å²) < 4.78 is 16.3. The maximum Gasteiger partial charge on any atom is 0.251 e. The Morgan fingerprint density at radius 1 is 1.30 bits per heavy atom. The predicted molar refractivity (Wildman–Crippen MR) is 69.1 cm³/mol. The summed E-state index contributed by atoms with van der Waals surface area (Å²) in [6.45, 7) is -0.125. The van der Waals surface area contributed by atoms with Gasteiger partial charge in [0.05, 0.1) is 6.61 Å². The number of aliphatic hydroxyl groups excluding tert-OH is 1. The van der Waals surface area contributed by atoms with E-state index in [2.05, 4.69) is 5.32 Å². The minimum atomic E-state index is -0.622. The standard InChI is InChI=1S/C14H17NO5/c1-18-14-10(12-11(20-12)9(7-16)19-14)15-13(17)8-5-3-2-4-6-8/h2-6,9-12,14,16H,7H2,1H3,(H,15,17). The molecule has 1 aromatic rings. The third kappa shape index (κ3) is 2.43. The lowest BCUT2D eigenvalue weighted by Crippen LogP contribution is -2.55. The Morgan fingerprint density at radius 3 is 2.70 bits per heavy atom. The molecule has 2 N–H and O–H groups in total. The molecule has 5 atom stereocenters. The number of carbonyl (C=O) groups excluding carboxylic acids is 1. The van der Waals surface area contributed by atoms with E-state index in [9.17, 15) is 9.90 Å². The minimum Gasteiger partial charge on any atom is -0.394 e. The Labute approximate surface area is 116 Å². The van der Waals surface area contributed by atoms with Crippen LogP contribution in [0.5, 0.6) is 0 Å². The molecule has 2 saturated heterocycles. The second kappa shape index (κ2) is 5.49. The van der Waals surface area contributed by atoms with Gasteiger partial charge in [0.25, 0.3) is 5.91 Å². The first-order valence-electron chi connectivity index (χ1n) is 6.55. The van der Waals surface area contributed by atoms with Gasteiger partial charge in [-0.1, -0.05) is 18.2 Å². The fourth-order valence-electron chi connectivity index (χ4n) is 2.54. The van der Waals surface area contributed by atoms with Crippen LogP contribution < -0.4 is 5.32 Å². The van der Waals surface area contributed by atoms with Crippen molar-refractivity contribution in [2.24, 2.45) is 0 Å². The molecule has 0 spiro atoms. The highest BCUT2D eigenvalue weighted by atomic mass is 16.7. The smallest absolute Gasteiger partial charge is 0.251 e. The fraction of sp³-hybridized carbons (Fsp3) is 0.500. The molecule has 2 heterocycles. The summed E-state index contributed by atoms with van der Waals surface area (Å²) in [4.78, 5) is 12.2. The number of fused-ring (bicyclic) bond motifs is 1. The largest absolute Gasteiger partial charge is 0.394 e. The molecule has 0 aliphatic carbocycles. The second-order valence-corrected chi connectivity index (χ2v) is 4.89. The van der Waals surface area contributed by atoms with Gasteiger partial charge in [-0.25, -0.2) is 0 Å². The third-order valence-electron chi connectivity index (χ3n) is 3.63. The predicted octanol–water partition coefficient (Wildman–Crippen LogP) is -0.0840. The second-order valence-electron chi connectivity index (χ2n) is 4.89. The van der Waals surface area contributed by atoms with Crippen molar-refractivity contribution in [3.63, 3.8) is 0 Å². The molecule has 108 valence electrons. The van der Waals surface area contributed by atoms with E-state index in [4.69, 9.17) is 14.2 Å². The van der Waals surface area contributed by atoms with E-state index in [1.165, 1.54) is 7.11 Å². The van der Waals surface area contributed by atoms with E-state index in [0.29, 0.717) is 5.56 Å². The normalized spacial score (nSPS) is 35.2. The van der Waals surface area contributed by atoms with Crippen molar-refractivity contribution in [2.45, 2.75) is 30.6 Å². The first kappa shape index (κ1) is 13.5. The van der Waals surface area contributed by atoms with Crippen molar-refractivity contribution in [2.75, 3.05) is 13.7 Å². The van der Waals surface area contributed by atoms with Gasteiger partial charge < -0.3 is 24.6 Å². The van der Waals surface area contributed by atoms with Crippen LogP contribution in [-0.4, -0.2) is 55.4 Å². The van der Waals surface area contributed by atoms with E-state index >= 15 is 0 Å². The summed E-state index contributed by atoms with van der Waals surface area (Å²) in [5.41, 5.74) is 0.573. The maximum absolute atomic E-state index is 12.2. The van der Waals surface area contributed by atoms with E-state index in [1.807, 2.05) is 6.07 Å². The Bertz CT molecular complexity index is 480. The lowest BCUT2D eigenvalue weighted by Gasteiger charge is -2.32. The molecule has 3 rings (SSSR count). The van der Waals surface area contributed by atoms with E-state index in [0.717, 1.165) is 0 Å². The van der Waals surface area contributed by atoms with Gasteiger partial charge in [0, 0.05) is 12.7 Å². The number of ether oxygens (including phenoxy) is 3. The molecule has 0 bridgehead atoms. The summed E-state index contributed by atoms with van der Waals surface area (Å²) in [5, 5.41) is 12.1. The monoisotopic (exact) mass is 279 g/mol. The number of aliphatic hydroxyl groups is 1. The summed E-state index contributed by atoms with van der Waals surface area (Å²) in [5.74, 6) is -0.196. The Kier molecular flexibility index (Phi) is 3.71. The molecule has 2 fully saturated rings. The number of hydrogen-bond donors (Lipinski definition) is 2.